The van der Waals surface area contributed by atoms with E-state index in [2.05, 4.69) is 34.7 Å². The van der Waals surface area contributed by atoms with Crippen LogP contribution in [0.2, 0.25) is 0 Å². The van der Waals surface area contributed by atoms with Gasteiger partial charge >= 0.3 is 0 Å². The summed E-state index contributed by atoms with van der Waals surface area (Å²) in [5, 5.41) is 0. The topological polar surface area (TPSA) is 0 Å². The molecule has 0 atom stereocenters. The van der Waals surface area contributed by atoms with Crippen molar-refractivity contribution in [2.24, 2.45) is 0 Å². The maximum Gasteiger partial charge on any atom is 0.200 e. The molecule has 0 unspecified atom stereocenters. The lowest BCUT2D eigenvalue weighted by Crippen LogP contribution is -2.81. The van der Waals surface area contributed by atoms with Crippen LogP contribution in [0, 0.1) is 116 Å². The van der Waals surface area contributed by atoms with E-state index in [9.17, 15) is 52.7 Å². The number of quaternary nitrogens is 1. The normalized spacial score (nSPS) is 14.1. The molecule has 0 spiro atoms. The fourth-order valence-electron chi connectivity index (χ4n) is 7.95. The molecule has 22 heteroatoms. The lowest BCUT2D eigenvalue weighted by Gasteiger charge is -2.49. The Labute approximate surface area is 321 Å². The quantitative estimate of drug-likeness (QED) is 0.0571. The molecule has 1 aliphatic rings. The van der Waals surface area contributed by atoms with E-state index in [1.807, 2.05) is 0 Å². The third-order valence-electron chi connectivity index (χ3n) is 11.3. The average Bonchev–Trinajstić information content (AvgIpc) is 3.20. The van der Waals surface area contributed by atoms with E-state index in [1.54, 1.807) is 0 Å². The van der Waals surface area contributed by atoms with E-state index in [0.717, 1.165) is 18.1 Å². The fraction of sp³-hybridized carbons (Fsp3) is 0.351. The lowest BCUT2D eigenvalue weighted by atomic mass is 9.12. The number of hydrogen-bond acceptors (Lipinski definition) is 0. The van der Waals surface area contributed by atoms with E-state index in [-0.39, 0.29) is 0 Å². The average molecular weight is 877 g/mol. The molecule has 0 saturated heterocycles. The molecule has 0 radical (unpaired) electrons. The molecule has 5 rings (SSSR count). The summed E-state index contributed by atoms with van der Waals surface area (Å²) >= 11 is 0. The van der Waals surface area contributed by atoms with E-state index in [4.69, 9.17) is 0 Å². The zero-order chi connectivity index (χ0) is 45.1. The van der Waals surface area contributed by atoms with Crippen LogP contribution in [0.1, 0.15) is 59.8 Å². The summed E-state index contributed by atoms with van der Waals surface area (Å²) in [7, 11) is 2.46. The molecule has 0 aliphatic heterocycles. The molecule has 4 aromatic rings. The minimum atomic E-state index is -7.22. The van der Waals surface area contributed by atoms with Gasteiger partial charge in [-0.05, 0) is 53.4 Å². The van der Waals surface area contributed by atoms with Crippen molar-refractivity contribution in [3.8, 4) is 0 Å². The largest absolute Gasteiger partial charge is 0.320 e. The fourth-order valence-corrected chi connectivity index (χ4v) is 7.95. The van der Waals surface area contributed by atoms with Gasteiger partial charge in [-0.2, -0.15) is 0 Å². The van der Waals surface area contributed by atoms with Crippen LogP contribution in [0.4, 0.5) is 87.8 Å². The monoisotopic (exact) mass is 877 g/mol. The van der Waals surface area contributed by atoms with Gasteiger partial charge in [0.25, 0.3) is 0 Å². The van der Waals surface area contributed by atoms with Crippen LogP contribution >= 0.6 is 0 Å². The highest BCUT2D eigenvalue weighted by Crippen LogP contribution is 2.33. The first-order valence-corrected chi connectivity index (χ1v) is 17.3. The van der Waals surface area contributed by atoms with Crippen molar-refractivity contribution < 1.29 is 92.3 Å². The van der Waals surface area contributed by atoms with Gasteiger partial charge in [0.05, 0.1) is 25.2 Å². The summed E-state index contributed by atoms with van der Waals surface area (Å²) in [5.41, 5.74) is -14.3. The first-order chi connectivity index (χ1) is 27.2. The van der Waals surface area contributed by atoms with Crippen molar-refractivity contribution >= 4 is 28.0 Å². The molecule has 1 saturated carbocycles. The molecule has 0 heterocycles. The van der Waals surface area contributed by atoms with Gasteiger partial charge in [-0.3, -0.25) is 0 Å². The Hall–Kier alpha value is -4.50. The van der Waals surface area contributed by atoms with E-state index >= 15 is 35.1 Å². The molecule has 1 fully saturated rings. The van der Waals surface area contributed by atoms with Crippen LogP contribution in [-0.2, 0) is 0 Å². The van der Waals surface area contributed by atoms with Crippen LogP contribution in [0.5, 0.6) is 0 Å². The van der Waals surface area contributed by atoms with Gasteiger partial charge in [0.1, 0.15) is 52.7 Å². The van der Waals surface area contributed by atoms with Crippen molar-refractivity contribution in [3.05, 3.63) is 116 Å². The molecule has 1 nitrogen and oxygen atoms in total. The van der Waals surface area contributed by atoms with Gasteiger partial charge in [0, 0.05) is 0 Å². The lowest BCUT2D eigenvalue weighted by molar-refractivity contribution is -0.972. The highest BCUT2D eigenvalue weighted by atomic mass is 19.2. The summed E-state index contributed by atoms with van der Waals surface area (Å²) in [4.78, 5) is 0. The third-order valence-corrected chi connectivity index (χ3v) is 11.3. The first-order valence-electron chi connectivity index (χ1n) is 17.3. The molecule has 59 heavy (non-hydrogen) atoms. The van der Waals surface area contributed by atoms with Gasteiger partial charge in [0.2, 0.25) is 0 Å². The number of rotatable bonds is 7. The SMILES string of the molecule is CC(C)[N+](C)(C(C)C)C1CCCCC1.Fc1c(F)c(F)c([B-](c2c(F)c(F)c(F)c(F)c2F)(c2c(F)c(F)c(F)c(F)c2F)c2c(F)c(F)c(F)c(F)c2F)c(F)c1F. The maximum atomic E-state index is 15.4. The second kappa shape index (κ2) is 16.9. The minimum absolute atomic E-state index is 0.762. The predicted octanol–water partition coefficient (Wildman–Crippen LogP) is 9.43. The Morgan fingerprint density at radius 1 is 0.322 bits per heavy atom. The van der Waals surface area contributed by atoms with E-state index < -0.39 is 144 Å². The highest BCUT2D eigenvalue weighted by Gasteiger charge is 2.52. The Morgan fingerprint density at radius 2 is 0.492 bits per heavy atom. The zero-order valence-electron chi connectivity index (χ0n) is 30.9. The molecule has 324 valence electrons. The predicted molar refractivity (Wildman–Crippen MR) is 173 cm³/mol. The Morgan fingerprint density at radius 3 is 0.661 bits per heavy atom. The van der Waals surface area contributed by atoms with Gasteiger partial charge in [-0.1, -0.05) is 6.42 Å². The standard InChI is InChI=1S/C24BF20.C13H28N/c26-5-1(6(27)14(35)21(42)13(5)34)25(2-7(28)15(36)22(43)16(37)8(2)29,3-9(30)17(38)23(44)18(39)10(3)31)4-11(32)19(40)24(45)20(41)12(4)33;1-11(2)14(5,12(3)4)13-9-7-6-8-10-13/h;11-13H,6-10H2,1-5H3/q-1;+1. The molecule has 0 N–H and O–H groups in total. The molecule has 0 aromatic heterocycles. The van der Waals surface area contributed by atoms with Crippen LogP contribution < -0.4 is 21.9 Å². The Kier molecular flexibility index (Phi) is 13.5. The number of halogens is 20. The Balaban J connectivity index is 0.000000464. The van der Waals surface area contributed by atoms with Crippen LogP contribution in [0.3, 0.4) is 0 Å². The van der Waals surface area contributed by atoms with Crippen molar-refractivity contribution in [1.29, 1.82) is 0 Å². The minimum Gasteiger partial charge on any atom is -0.320 e. The summed E-state index contributed by atoms with van der Waals surface area (Å²) in [6, 6.07) is 2.44. The smallest absolute Gasteiger partial charge is 0.200 e. The third kappa shape index (κ3) is 7.09. The molecule has 0 bridgehead atoms. The molecule has 4 aromatic carbocycles. The van der Waals surface area contributed by atoms with Crippen LogP contribution in [-0.4, -0.2) is 35.8 Å². The van der Waals surface area contributed by atoms with E-state index in [0.29, 0.717) is 0 Å². The molecule has 1 aliphatic carbocycles. The highest BCUT2D eigenvalue weighted by molar-refractivity contribution is 7.20. The van der Waals surface area contributed by atoms with Gasteiger partial charge in [0.15, 0.2) is 69.8 Å². The van der Waals surface area contributed by atoms with Crippen molar-refractivity contribution in [2.45, 2.75) is 77.9 Å². The Bertz CT molecular complexity index is 1910. The summed E-state index contributed by atoms with van der Waals surface area (Å²) in [6.45, 7) is 9.53. The van der Waals surface area contributed by atoms with Crippen LogP contribution in [0.15, 0.2) is 0 Å². The molecular formula is C37H28BF20N. The number of hydrogen-bond donors (Lipinski definition) is 0. The first kappa shape index (κ1) is 47.2. The number of benzene rings is 4. The summed E-state index contributed by atoms with van der Waals surface area (Å²) < 4.78 is 295. The second-order valence-corrected chi connectivity index (χ2v) is 14.5. The maximum absolute atomic E-state index is 15.4. The summed E-state index contributed by atoms with van der Waals surface area (Å²) in [6.07, 6.45) is 0.0630. The van der Waals surface area contributed by atoms with Gasteiger partial charge in [-0.15, -0.1) is 21.9 Å². The van der Waals surface area contributed by atoms with Crippen molar-refractivity contribution in [1.82, 2.24) is 0 Å². The molecular weight excluding hydrogens is 849 g/mol. The second-order valence-electron chi connectivity index (χ2n) is 14.5. The van der Waals surface area contributed by atoms with Crippen molar-refractivity contribution in [3.63, 3.8) is 0 Å². The van der Waals surface area contributed by atoms with Crippen molar-refractivity contribution in [2.75, 3.05) is 7.05 Å². The zero-order valence-corrected chi connectivity index (χ0v) is 30.9. The van der Waals surface area contributed by atoms with Gasteiger partial charge in [-0.25, -0.2) is 87.8 Å². The van der Waals surface area contributed by atoms with Gasteiger partial charge < -0.3 is 4.48 Å². The van der Waals surface area contributed by atoms with E-state index in [1.165, 1.54) is 36.6 Å². The number of nitrogens with zero attached hydrogens (tertiary/aromatic N) is 1. The summed E-state index contributed by atoms with van der Waals surface area (Å²) in [5.74, 6) is -71.4. The van der Waals surface area contributed by atoms with Crippen LogP contribution in [0.25, 0.3) is 0 Å². The molecule has 0 amide bonds.